The van der Waals surface area contributed by atoms with Gasteiger partial charge in [0.15, 0.2) is 0 Å². The highest BCUT2D eigenvalue weighted by molar-refractivity contribution is 5.87. The number of non-ortho nitro benzene ring substituents is 1. The third-order valence-corrected chi connectivity index (χ3v) is 3.70. The van der Waals surface area contributed by atoms with E-state index in [1.165, 1.54) is 18.3 Å². The molecule has 0 saturated heterocycles. The maximum atomic E-state index is 12.1. The highest BCUT2D eigenvalue weighted by Gasteiger charge is 2.14. The van der Waals surface area contributed by atoms with E-state index in [0.29, 0.717) is 5.56 Å². The lowest BCUT2D eigenvalue weighted by Gasteiger charge is -2.17. The van der Waals surface area contributed by atoms with Crippen LogP contribution in [0, 0.1) is 24.0 Å². The van der Waals surface area contributed by atoms with Crippen molar-refractivity contribution in [2.75, 3.05) is 5.32 Å². The van der Waals surface area contributed by atoms with Gasteiger partial charge in [-0.25, -0.2) is 5.43 Å². The number of amides is 1. The molecule has 0 aromatic heterocycles. The highest BCUT2D eigenvalue weighted by atomic mass is 16.6. The fourth-order valence-corrected chi connectivity index (χ4v) is 2.31. The van der Waals surface area contributed by atoms with Gasteiger partial charge in [0.2, 0.25) is 0 Å². The van der Waals surface area contributed by atoms with E-state index in [2.05, 4.69) is 15.8 Å². The summed E-state index contributed by atoms with van der Waals surface area (Å²) in [5.41, 5.74) is 5.98. The lowest BCUT2D eigenvalue weighted by molar-refractivity contribution is -0.384. The second-order valence-electron chi connectivity index (χ2n) is 5.72. The Morgan fingerprint density at radius 1 is 1.20 bits per heavy atom. The summed E-state index contributed by atoms with van der Waals surface area (Å²) in [5, 5.41) is 17.8. The van der Waals surface area contributed by atoms with Gasteiger partial charge >= 0.3 is 0 Å². The number of benzene rings is 2. The SMILES string of the molecule is Cc1cccc(C)c1N[C@@H](C)C(=O)N/N=C\c1cccc([N+](=O)[O-])c1. The summed E-state index contributed by atoms with van der Waals surface area (Å²) in [5.74, 6) is -0.302. The second-order valence-corrected chi connectivity index (χ2v) is 5.72. The number of nitro benzene ring substituents is 1. The van der Waals surface area contributed by atoms with Gasteiger partial charge in [-0.3, -0.25) is 14.9 Å². The van der Waals surface area contributed by atoms with Crippen LogP contribution in [0.4, 0.5) is 11.4 Å². The summed E-state index contributed by atoms with van der Waals surface area (Å²) >= 11 is 0. The minimum atomic E-state index is -0.484. The summed E-state index contributed by atoms with van der Waals surface area (Å²) in [7, 11) is 0. The Balaban J connectivity index is 1.97. The molecule has 1 amide bonds. The van der Waals surface area contributed by atoms with Crippen LogP contribution in [0.5, 0.6) is 0 Å². The number of anilines is 1. The molecule has 130 valence electrons. The van der Waals surface area contributed by atoms with Crippen LogP contribution in [0.15, 0.2) is 47.6 Å². The standard InChI is InChI=1S/C18H20N4O3/c1-12-6-4-7-13(2)17(12)20-14(3)18(23)21-19-11-15-8-5-9-16(10-15)22(24)25/h4-11,14,20H,1-3H3,(H,21,23)/b19-11-/t14-/m0/s1. The van der Waals surface area contributed by atoms with Crippen molar-refractivity contribution < 1.29 is 9.72 Å². The van der Waals surface area contributed by atoms with Crippen LogP contribution < -0.4 is 10.7 Å². The Kier molecular flexibility index (Phi) is 5.84. The zero-order valence-corrected chi connectivity index (χ0v) is 14.3. The van der Waals surface area contributed by atoms with Crippen LogP contribution in [-0.4, -0.2) is 23.1 Å². The molecule has 0 heterocycles. The molecule has 0 aliphatic rings. The molecular formula is C18H20N4O3. The Hall–Kier alpha value is -3.22. The number of hydrogen-bond acceptors (Lipinski definition) is 5. The molecule has 0 spiro atoms. The Morgan fingerprint density at radius 2 is 1.84 bits per heavy atom. The quantitative estimate of drug-likeness (QED) is 0.479. The second kappa shape index (κ2) is 8.05. The molecule has 0 radical (unpaired) electrons. The van der Waals surface area contributed by atoms with Crippen molar-refractivity contribution in [3.63, 3.8) is 0 Å². The predicted octanol–water partition coefficient (Wildman–Crippen LogP) is 3.16. The maximum absolute atomic E-state index is 12.1. The van der Waals surface area contributed by atoms with E-state index in [1.54, 1.807) is 19.1 Å². The van der Waals surface area contributed by atoms with Gasteiger partial charge in [-0.2, -0.15) is 5.10 Å². The van der Waals surface area contributed by atoms with Crippen molar-refractivity contribution in [2.24, 2.45) is 5.10 Å². The lowest BCUT2D eigenvalue weighted by Crippen LogP contribution is -2.35. The molecule has 0 aliphatic carbocycles. The monoisotopic (exact) mass is 340 g/mol. The number of hydrogen-bond donors (Lipinski definition) is 2. The first-order valence-electron chi connectivity index (χ1n) is 7.78. The van der Waals surface area contributed by atoms with Crippen LogP contribution in [0.3, 0.4) is 0 Å². The zero-order valence-electron chi connectivity index (χ0n) is 14.3. The Bertz CT molecular complexity index is 797. The van der Waals surface area contributed by atoms with Crippen molar-refractivity contribution in [1.82, 2.24) is 5.43 Å². The number of nitrogens with one attached hydrogen (secondary N) is 2. The van der Waals surface area contributed by atoms with Crippen LogP contribution in [0.2, 0.25) is 0 Å². The van der Waals surface area contributed by atoms with Gasteiger partial charge in [-0.1, -0.05) is 30.3 Å². The molecule has 1 atom stereocenters. The van der Waals surface area contributed by atoms with Gasteiger partial charge in [-0.15, -0.1) is 0 Å². The molecule has 25 heavy (non-hydrogen) atoms. The Morgan fingerprint density at radius 3 is 2.48 bits per heavy atom. The maximum Gasteiger partial charge on any atom is 0.270 e. The summed E-state index contributed by atoms with van der Waals surface area (Å²) in [6.45, 7) is 5.69. The molecule has 0 unspecified atom stereocenters. The summed E-state index contributed by atoms with van der Waals surface area (Å²) in [6, 6.07) is 11.4. The minimum Gasteiger partial charge on any atom is -0.373 e. The summed E-state index contributed by atoms with van der Waals surface area (Å²) in [6.07, 6.45) is 1.37. The zero-order chi connectivity index (χ0) is 18.4. The molecule has 7 heteroatoms. The summed E-state index contributed by atoms with van der Waals surface area (Å²) < 4.78 is 0. The van der Waals surface area contributed by atoms with Crippen molar-refractivity contribution in [3.8, 4) is 0 Å². The fraction of sp³-hybridized carbons (Fsp3) is 0.222. The molecule has 0 saturated carbocycles. The van der Waals surface area contributed by atoms with Crippen molar-refractivity contribution in [3.05, 3.63) is 69.3 Å². The fourth-order valence-electron chi connectivity index (χ4n) is 2.31. The topological polar surface area (TPSA) is 96.6 Å². The number of hydrazone groups is 1. The first kappa shape index (κ1) is 18.1. The molecule has 0 fully saturated rings. The number of carbonyl (C=O) groups is 1. The normalized spacial score (nSPS) is 12.0. The number of nitro groups is 1. The van der Waals surface area contributed by atoms with E-state index >= 15 is 0 Å². The third-order valence-electron chi connectivity index (χ3n) is 3.70. The summed E-state index contributed by atoms with van der Waals surface area (Å²) in [4.78, 5) is 22.4. The highest BCUT2D eigenvalue weighted by Crippen LogP contribution is 2.20. The van der Waals surface area contributed by atoms with Gasteiger partial charge in [-0.05, 0) is 31.9 Å². The average Bonchev–Trinajstić information content (AvgIpc) is 2.58. The third kappa shape index (κ3) is 4.87. The van der Waals surface area contributed by atoms with Crippen LogP contribution >= 0.6 is 0 Å². The molecule has 7 nitrogen and oxygen atoms in total. The first-order chi connectivity index (χ1) is 11.9. The van der Waals surface area contributed by atoms with Crippen molar-refractivity contribution in [2.45, 2.75) is 26.8 Å². The van der Waals surface area contributed by atoms with Crippen molar-refractivity contribution >= 4 is 23.5 Å². The van der Waals surface area contributed by atoms with Crippen LogP contribution in [0.1, 0.15) is 23.6 Å². The molecule has 2 rings (SSSR count). The predicted molar refractivity (Wildman–Crippen MR) is 97.8 cm³/mol. The van der Waals surface area contributed by atoms with Gasteiger partial charge in [0.05, 0.1) is 11.1 Å². The van der Waals surface area contributed by atoms with E-state index in [1.807, 2.05) is 32.0 Å². The molecule has 0 bridgehead atoms. The molecule has 2 aromatic carbocycles. The molecular weight excluding hydrogens is 320 g/mol. The van der Waals surface area contributed by atoms with Gasteiger partial charge in [0, 0.05) is 23.4 Å². The molecule has 2 aromatic rings. The van der Waals surface area contributed by atoms with E-state index in [4.69, 9.17) is 0 Å². The number of nitrogens with zero attached hydrogens (tertiary/aromatic N) is 2. The molecule has 2 N–H and O–H groups in total. The lowest BCUT2D eigenvalue weighted by atomic mass is 10.1. The smallest absolute Gasteiger partial charge is 0.270 e. The van der Waals surface area contributed by atoms with E-state index < -0.39 is 11.0 Å². The largest absolute Gasteiger partial charge is 0.373 e. The average molecular weight is 340 g/mol. The molecule has 0 aliphatic heterocycles. The Labute approximate surface area is 145 Å². The van der Waals surface area contributed by atoms with E-state index in [9.17, 15) is 14.9 Å². The number of para-hydroxylation sites is 1. The minimum absolute atomic E-state index is 0.0275. The van der Waals surface area contributed by atoms with Gasteiger partial charge in [0.25, 0.3) is 11.6 Å². The number of aryl methyl sites for hydroxylation is 2. The van der Waals surface area contributed by atoms with Crippen LogP contribution in [-0.2, 0) is 4.79 Å². The van der Waals surface area contributed by atoms with Crippen LogP contribution in [0.25, 0.3) is 0 Å². The van der Waals surface area contributed by atoms with E-state index in [-0.39, 0.29) is 11.6 Å². The van der Waals surface area contributed by atoms with Crippen molar-refractivity contribution in [1.29, 1.82) is 0 Å². The van der Waals surface area contributed by atoms with Gasteiger partial charge < -0.3 is 5.32 Å². The first-order valence-corrected chi connectivity index (χ1v) is 7.78. The van der Waals surface area contributed by atoms with Gasteiger partial charge in [0.1, 0.15) is 6.04 Å². The number of rotatable bonds is 6. The van der Waals surface area contributed by atoms with E-state index in [0.717, 1.165) is 16.8 Å². The number of carbonyl (C=O) groups excluding carboxylic acids is 1.